The molecular formula is C24H38O2. The van der Waals surface area contributed by atoms with E-state index in [4.69, 9.17) is 9.47 Å². The molecule has 2 heteroatoms. The molecule has 0 radical (unpaired) electrons. The molecule has 0 bridgehead atoms. The smallest absolute Gasteiger partial charge is 0.123 e. The molecule has 146 valence electrons. The van der Waals surface area contributed by atoms with Crippen molar-refractivity contribution in [3.05, 3.63) is 42.0 Å². The van der Waals surface area contributed by atoms with Crippen LogP contribution in [0.25, 0.3) is 0 Å². The molecule has 0 aliphatic carbocycles. The minimum absolute atomic E-state index is 0.0498. The molecule has 1 aromatic rings. The van der Waals surface area contributed by atoms with E-state index in [0.29, 0.717) is 6.61 Å². The molecule has 0 saturated carbocycles. The Balaban J connectivity index is 1.52. The van der Waals surface area contributed by atoms with Gasteiger partial charge in [0.2, 0.25) is 0 Å². The van der Waals surface area contributed by atoms with Crippen molar-refractivity contribution in [2.24, 2.45) is 0 Å². The minimum atomic E-state index is -0.0498. The molecule has 0 aromatic heterocycles. The van der Waals surface area contributed by atoms with Gasteiger partial charge in [-0.2, -0.15) is 0 Å². The molecule has 2 rings (SSSR count). The van der Waals surface area contributed by atoms with E-state index in [9.17, 15) is 0 Å². The Hall–Kier alpha value is -1.28. The highest BCUT2D eigenvalue weighted by Crippen LogP contribution is 2.28. The fourth-order valence-electron chi connectivity index (χ4n) is 3.15. The summed E-state index contributed by atoms with van der Waals surface area (Å²) < 4.78 is 11.4. The third-order valence-corrected chi connectivity index (χ3v) is 5.10. The number of aryl methyl sites for hydroxylation is 1. The van der Waals surface area contributed by atoms with Crippen molar-refractivity contribution in [3.63, 3.8) is 0 Å². The third kappa shape index (κ3) is 8.89. The van der Waals surface area contributed by atoms with Crippen LogP contribution >= 0.6 is 0 Å². The lowest BCUT2D eigenvalue weighted by Gasteiger charge is -2.12. The number of hydrogen-bond donors (Lipinski definition) is 0. The van der Waals surface area contributed by atoms with Crippen molar-refractivity contribution >= 4 is 0 Å². The molecule has 1 fully saturated rings. The molecule has 1 atom stereocenters. The van der Waals surface area contributed by atoms with E-state index in [0.717, 1.165) is 25.2 Å². The first-order valence-corrected chi connectivity index (χ1v) is 10.7. The van der Waals surface area contributed by atoms with E-state index in [1.54, 1.807) is 0 Å². The number of ether oxygens (including phenoxy) is 2. The zero-order chi connectivity index (χ0) is 18.5. The van der Waals surface area contributed by atoms with Crippen LogP contribution in [0.1, 0.15) is 83.6 Å². The van der Waals surface area contributed by atoms with E-state index in [-0.39, 0.29) is 5.60 Å². The van der Waals surface area contributed by atoms with Crippen molar-refractivity contribution in [3.8, 4) is 5.75 Å². The van der Waals surface area contributed by atoms with Gasteiger partial charge in [-0.1, -0.05) is 75.8 Å². The second-order valence-corrected chi connectivity index (χ2v) is 7.91. The van der Waals surface area contributed by atoms with Gasteiger partial charge in [-0.05, 0) is 50.7 Å². The Bertz CT molecular complexity index is 517. The summed E-state index contributed by atoms with van der Waals surface area (Å²) in [6.45, 7) is 5.85. The summed E-state index contributed by atoms with van der Waals surface area (Å²) >= 11 is 0. The summed E-state index contributed by atoms with van der Waals surface area (Å²) in [5.74, 6) is 1.02. The van der Waals surface area contributed by atoms with Crippen LogP contribution in [0, 0.1) is 0 Å². The second-order valence-electron chi connectivity index (χ2n) is 7.91. The molecule has 1 heterocycles. The fourth-order valence-corrected chi connectivity index (χ4v) is 3.15. The highest BCUT2D eigenvalue weighted by atomic mass is 16.6. The van der Waals surface area contributed by atoms with Gasteiger partial charge in [-0.15, -0.1) is 0 Å². The van der Waals surface area contributed by atoms with Crippen molar-refractivity contribution in [1.82, 2.24) is 0 Å². The van der Waals surface area contributed by atoms with Gasteiger partial charge in [-0.3, -0.25) is 0 Å². The topological polar surface area (TPSA) is 21.8 Å². The molecule has 1 aliphatic rings. The number of unbranched alkanes of at least 4 members (excludes halogenated alkanes) is 8. The summed E-state index contributed by atoms with van der Waals surface area (Å²) in [5.41, 5.74) is 1.27. The first-order valence-electron chi connectivity index (χ1n) is 10.7. The first kappa shape index (κ1) is 21.0. The largest absolute Gasteiger partial charge is 0.490 e. The number of allylic oxidation sites excluding steroid dienone is 2. The Morgan fingerprint density at radius 2 is 1.62 bits per heavy atom. The van der Waals surface area contributed by atoms with E-state index < -0.39 is 0 Å². The van der Waals surface area contributed by atoms with Gasteiger partial charge in [0.15, 0.2) is 0 Å². The lowest BCUT2D eigenvalue weighted by Crippen LogP contribution is -2.17. The lowest BCUT2D eigenvalue weighted by molar-refractivity contribution is 0.201. The molecule has 1 aromatic carbocycles. The molecule has 1 aliphatic heterocycles. The minimum Gasteiger partial charge on any atom is -0.490 e. The van der Waals surface area contributed by atoms with Crippen LogP contribution in [0.2, 0.25) is 0 Å². The maximum atomic E-state index is 5.98. The van der Waals surface area contributed by atoms with Crippen LogP contribution < -0.4 is 4.74 Å². The molecule has 1 saturated heterocycles. The highest BCUT2D eigenvalue weighted by molar-refractivity contribution is 5.33. The van der Waals surface area contributed by atoms with Gasteiger partial charge in [0.25, 0.3) is 0 Å². The highest BCUT2D eigenvalue weighted by Gasteiger charge is 2.40. The van der Waals surface area contributed by atoms with Crippen LogP contribution in [-0.2, 0) is 11.2 Å². The van der Waals surface area contributed by atoms with Crippen LogP contribution in [-0.4, -0.2) is 18.8 Å². The van der Waals surface area contributed by atoms with Gasteiger partial charge >= 0.3 is 0 Å². The maximum Gasteiger partial charge on any atom is 0.123 e. The summed E-state index contributed by atoms with van der Waals surface area (Å²) in [7, 11) is 0. The molecule has 0 N–H and O–H groups in total. The van der Waals surface area contributed by atoms with Crippen molar-refractivity contribution in [1.29, 1.82) is 0 Å². The van der Waals surface area contributed by atoms with Crippen molar-refractivity contribution in [2.45, 2.75) is 90.1 Å². The third-order valence-electron chi connectivity index (χ3n) is 5.10. The van der Waals surface area contributed by atoms with Gasteiger partial charge in [0, 0.05) is 0 Å². The summed E-state index contributed by atoms with van der Waals surface area (Å²) in [4.78, 5) is 0. The Morgan fingerprint density at radius 1 is 0.962 bits per heavy atom. The quantitative estimate of drug-likeness (QED) is 0.194. The predicted octanol–water partition coefficient (Wildman–Crippen LogP) is 6.87. The first-order chi connectivity index (χ1) is 12.7. The maximum absolute atomic E-state index is 5.98. The van der Waals surface area contributed by atoms with Crippen LogP contribution in [0.15, 0.2) is 36.4 Å². The predicted molar refractivity (Wildman–Crippen MR) is 111 cm³/mol. The van der Waals surface area contributed by atoms with E-state index in [1.807, 2.05) is 0 Å². The number of rotatable bonds is 15. The molecule has 0 spiro atoms. The number of para-hydroxylation sites is 1. The normalized spacial score (nSPS) is 19.2. The molecule has 0 amide bonds. The fraction of sp³-hybridized carbons (Fsp3) is 0.667. The van der Waals surface area contributed by atoms with Crippen LogP contribution in [0.5, 0.6) is 5.75 Å². The Labute approximate surface area is 161 Å². The summed E-state index contributed by atoms with van der Waals surface area (Å²) in [6, 6.07) is 8.43. The molecular weight excluding hydrogens is 320 g/mol. The number of epoxide rings is 1. The van der Waals surface area contributed by atoms with Crippen LogP contribution in [0.4, 0.5) is 0 Å². The van der Waals surface area contributed by atoms with Gasteiger partial charge in [0.1, 0.15) is 18.0 Å². The monoisotopic (exact) mass is 358 g/mol. The van der Waals surface area contributed by atoms with Gasteiger partial charge in [-0.25, -0.2) is 0 Å². The van der Waals surface area contributed by atoms with E-state index in [2.05, 4.69) is 50.3 Å². The zero-order valence-electron chi connectivity index (χ0n) is 17.0. The average molecular weight is 359 g/mol. The Morgan fingerprint density at radius 3 is 2.35 bits per heavy atom. The van der Waals surface area contributed by atoms with Crippen LogP contribution in [0.3, 0.4) is 0 Å². The molecule has 1 unspecified atom stereocenters. The summed E-state index contributed by atoms with van der Waals surface area (Å²) in [6.07, 6.45) is 19.1. The molecule has 2 nitrogen and oxygen atoms in total. The second kappa shape index (κ2) is 12.2. The van der Waals surface area contributed by atoms with Crippen molar-refractivity contribution in [2.75, 3.05) is 13.2 Å². The number of benzene rings is 1. The van der Waals surface area contributed by atoms with Gasteiger partial charge < -0.3 is 9.47 Å². The lowest BCUT2D eigenvalue weighted by atomic mass is 10.1. The van der Waals surface area contributed by atoms with Crippen molar-refractivity contribution < 1.29 is 9.47 Å². The molecule has 26 heavy (non-hydrogen) atoms. The van der Waals surface area contributed by atoms with Gasteiger partial charge in [0.05, 0.1) is 6.61 Å². The van der Waals surface area contributed by atoms with E-state index in [1.165, 1.54) is 63.4 Å². The standard InChI is InChI=1S/C24H38O2/c1-3-4-5-6-7-8-9-10-11-12-13-14-17-22-18-15-16-19-23(22)25-20-24(2)21-26-24/h11-12,15-16,18-19H,3-10,13-14,17,20-21H2,1-2H3/b12-11+. The zero-order valence-corrected chi connectivity index (χ0v) is 17.0. The number of hydrogen-bond acceptors (Lipinski definition) is 2. The van der Waals surface area contributed by atoms with E-state index >= 15 is 0 Å². The Kier molecular flexibility index (Phi) is 9.84. The average Bonchev–Trinajstić information content (AvgIpc) is 3.39. The summed E-state index contributed by atoms with van der Waals surface area (Å²) in [5, 5.41) is 0. The SMILES string of the molecule is CCCCCCCCC/C=C/CCCc1ccccc1OCC1(C)CO1.